The van der Waals surface area contributed by atoms with Crippen LogP contribution in [0.1, 0.15) is 30.4 Å². The van der Waals surface area contributed by atoms with Gasteiger partial charge in [-0.3, -0.25) is 14.4 Å². The van der Waals surface area contributed by atoms with Crippen molar-refractivity contribution in [3.63, 3.8) is 0 Å². The molecule has 4 rings (SSSR count). The number of hydrogen-bond donors (Lipinski definition) is 0. The maximum atomic E-state index is 13.0. The largest absolute Gasteiger partial charge is 0.368 e. The first-order chi connectivity index (χ1) is 14.0. The molecule has 3 amide bonds. The maximum Gasteiger partial charge on any atom is 0.251 e. The molecule has 0 aromatic heterocycles. The summed E-state index contributed by atoms with van der Waals surface area (Å²) in [6, 6.07) is 5.92. The molecule has 0 N–H and O–H groups in total. The van der Waals surface area contributed by atoms with Crippen LogP contribution in [-0.2, 0) is 19.1 Å². The third-order valence-electron chi connectivity index (χ3n) is 6.45. The zero-order chi connectivity index (χ0) is 20.5. The molecule has 3 saturated heterocycles. The minimum Gasteiger partial charge on any atom is -0.368 e. The molecule has 3 heterocycles. The SMILES string of the molecule is Cc1cccc(N2CC(C(=O)N3CCN(C(=O)C4CCCO4)CC3)CC2=O)c1C. The van der Waals surface area contributed by atoms with Gasteiger partial charge in [0.25, 0.3) is 5.91 Å². The van der Waals surface area contributed by atoms with Crippen LogP contribution in [0.15, 0.2) is 18.2 Å². The second-order valence-corrected chi connectivity index (χ2v) is 8.28. The quantitative estimate of drug-likeness (QED) is 0.773. The molecular weight excluding hydrogens is 370 g/mol. The molecule has 3 aliphatic heterocycles. The van der Waals surface area contributed by atoms with Gasteiger partial charge < -0.3 is 19.4 Å². The monoisotopic (exact) mass is 399 g/mol. The Morgan fingerprint density at radius 2 is 1.72 bits per heavy atom. The number of carbonyl (C=O) groups excluding carboxylic acids is 3. The molecule has 1 aromatic carbocycles. The van der Waals surface area contributed by atoms with E-state index in [1.165, 1.54) is 0 Å². The first-order valence-corrected chi connectivity index (χ1v) is 10.5. The van der Waals surface area contributed by atoms with Crippen molar-refractivity contribution < 1.29 is 19.1 Å². The maximum absolute atomic E-state index is 13.0. The number of aryl methyl sites for hydroxylation is 1. The molecule has 3 aliphatic rings. The van der Waals surface area contributed by atoms with Crippen molar-refractivity contribution >= 4 is 23.4 Å². The van der Waals surface area contributed by atoms with Crippen LogP contribution in [-0.4, -0.2) is 73.0 Å². The summed E-state index contributed by atoms with van der Waals surface area (Å²) in [5, 5.41) is 0. The van der Waals surface area contributed by atoms with Crippen LogP contribution in [0.5, 0.6) is 0 Å². The van der Waals surface area contributed by atoms with E-state index < -0.39 is 0 Å². The molecule has 0 radical (unpaired) electrons. The predicted octanol–water partition coefficient (Wildman–Crippen LogP) is 1.51. The Bertz CT molecular complexity index is 810. The van der Waals surface area contributed by atoms with Gasteiger partial charge in [0.2, 0.25) is 11.8 Å². The van der Waals surface area contributed by atoms with E-state index >= 15 is 0 Å². The number of anilines is 1. The van der Waals surface area contributed by atoms with Crippen LogP contribution >= 0.6 is 0 Å². The van der Waals surface area contributed by atoms with Crippen LogP contribution in [0, 0.1) is 19.8 Å². The summed E-state index contributed by atoms with van der Waals surface area (Å²) < 4.78 is 5.49. The Morgan fingerprint density at radius 1 is 1.03 bits per heavy atom. The van der Waals surface area contributed by atoms with Crippen LogP contribution in [0.3, 0.4) is 0 Å². The standard InChI is InChI=1S/C22H29N3O4/c1-15-5-3-6-18(16(15)2)25-14-17(13-20(25)26)21(27)23-8-10-24(11-9-23)22(28)19-7-4-12-29-19/h3,5-6,17,19H,4,7-14H2,1-2H3. The van der Waals surface area contributed by atoms with Gasteiger partial charge in [0.15, 0.2) is 0 Å². The summed E-state index contributed by atoms with van der Waals surface area (Å²) in [5.41, 5.74) is 3.12. The first kappa shape index (κ1) is 19.9. The summed E-state index contributed by atoms with van der Waals surface area (Å²) in [6.07, 6.45) is 1.66. The summed E-state index contributed by atoms with van der Waals surface area (Å²) in [6.45, 7) is 7.23. The van der Waals surface area contributed by atoms with Crippen molar-refractivity contribution in [3.05, 3.63) is 29.3 Å². The van der Waals surface area contributed by atoms with Crippen molar-refractivity contribution in [1.29, 1.82) is 0 Å². The summed E-state index contributed by atoms with van der Waals surface area (Å²) in [5.74, 6) is -0.241. The average molecular weight is 399 g/mol. The Hall–Kier alpha value is -2.41. The molecule has 0 aliphatic carbocycles. The Morgan fingerprint density at radius 3 is 2.38 bits per heavy atom. The fourth-order valence-electron chi connectivity index (χ4n) is 4.52. The van der Waals surface area contributed by atoms with E-state index in [0.717, 1.165) is 29.7 Å². The van der Waals surface area contributed by atoms with Gasteiger partial charge in [-0.15, -0.1) is 0 Å². The molecule has 7 heteroatoms. The minimum absolute atomic E-state index is 0.00393. The smallest absolute Gasteiger partial charge is 0.251 e. The van der Waals surface area contributed by atoms with E-state index in [4.69, 9.17) is 4.74 Å². The number of rotatable bonds is 3. The van der Waals surface area contributed by atoms with Crippen LogP contribution in [0.25, 0.3) is 0 Å². The van der Waals surface area contributed by atoms with Gasteiger partial charge in [-0.05, 0) is 43.9 Å². The van der Waals surface area contributed by atoms with E-state index in [9.17, 15) is 14.4 Å². The third kappa shape index (κ3) is 3.88. The van der Waals surface area contributed by atoms with Crippen LogP contribution in [0.2, 0.25) is 0 Å². The number of amides is 3. The highest BCUT2D eigenvalue weighted by molar-refractivity contribution is 6.01. The molecule has 3 fully saturated rings. The Balaban J connectivity index is 1.35. The highest BCUT2D eigenvalue weighted by atomic mass is 16.5. The molecule has 156 valence electrons. The molecule has 29 heavy (non-hydrogen) atoms. The fraction of sp³-hybridized carbons (Fsp3) is 0.591. The molecule has 0 saturated carbocycles. The van der Waals surface area contributed by atoms with E-state index in [1.54, 1.807) is 4.90 Å². The second-order valence-electron chi connectivity index (χ2n) is 8.28. The highest BCUT2D eigenvalue weighted by Gasteiger charge is 2.39. The normalized spacial score (nSPS) is 25.0. The Kier molecular flexibility index (Phi) is 5.58. The topological polar surface area (TPSA) is 70.2 Å². The van der Waals surface area contributed by atoms with Gasteiger partial charge in [0.05, 0.1) is 5.92 Å². The molecule has 7 nitrogen and oxygen atoms in total. The number of carbonyl (C=O) groups is 3. The molecule has 0 bridgehead atoms. The number of ether oxygens (including phenoxy) is 1. The summed E-state index contributed by atoms with van der Waals surface area (Å²) in [7, 11) is 0. The third-order valence-corrected chi connectivity index (χ3v) is 6.45. The highest BCUT2D eigenvalue weighted by Crippen LogP contribution is 2.30. The van der Waals surface area contributed by atoms with Gasteiger partial charge in [-0.2, -0.15) is 0 Å². The lowest BCUT2D eigenvalue weighted by molar-refractivity contribution is -0.147. The number of piperazine rings is 1. The fourth-order valence-corrected chi connectivity index (χ4v) is 4.52. The molecule has 2 atom stereocenters. The molecule has 2 unspecified atom stereocenters. The van der Waals surface area contributed by atoms with Crippen molar-refractivity contribution in [2.45, 2.75) is 39.2 Å². The van der Waals surface area contributed by atoms with E-state index in [-0.39, 0.29) is 36.2 Å². The second kappa shape index (κ2) is 8.14. The molecule has 1 aromatic rings. The van der Waals surface area contributed by atoms with E-state index in [0.29, 0.717) is 39.3 Å². The van der Waals surface area contributed by atoms with Gasteiger partial charge in [-0.25, -0.2) is 0 Å². The average Bonchev–Trinajstić information content (AvgIpc) is 3.39. The van der Waals surface area contributed by atoms with Crippen molar-refractivity contribution in [2.24, 2.45) is 5.92 Å². The summed E-state index contributed by atoms with van der Waals surface area (Å²) >= 11 is 0. The van der Waals surface area contributed by atoms with E-state index in [1.807, 2.05) is 41.8 Å². The number of benzene rings is 1. The predicted molar refractivity (Wildman–Crippen MR) is 109 cm³/mol. The van der Waals surface area contributed by atoms with Crippen molar-refractivity contribution in [2.75, 3.05) is 44.2 Å². The molecular formula is C22H29N3O4. The first-order valence-electron chi connectivity index (χ1n) is 10.5. The Labute approximate surface area is 171 Å². The van der Waals surface area contributed by atoms with Gasteiger partial charge in [0, 0.05) is 51.4 Å². The summed E-state index contributed by atoms with van der Waals surface area (Å²) in [4.78, 5) is 43.5. The van der Waals surface area contributed by atoms with Gasteiger partial charge >= 0.3 is 0 Å². The van der Waals surface area contributed by atoms with Gasteiger partial charge in [-0.1, -0.05) is 12.1 Å². The minimum atomic E-state index is -0.317. The lowest BCUT2D eigenvalue weighted by atomic mass is 10.1. The van der Waals surface area contributed by atoms with Gasteiger partial charge in [0.1, 0.15) is 6.10 Å². The van der Waals surface area contributed by atoms with Crippen molar-refractivity contribution in [3.8, 4) is 0 Å². The zero-order valence-electron chi connectivity index (χ0n) is 17.2. The lowest BCUT2D eigenvalue weighted by Crippen LogP contribution is -2.54. The number of hydrogen-bond acceptors (Lipinski definition) is 4. The van der Waals surface area contributed by atoms with Crippen LogP contribution < -0.4 is 4.90 Å². The number of nitrogens with zero attached hydrogens (tertiary/aromatic N) is 3. The van der Waals surface area contributed by atoms with E-state index in [2.05, 4.69) is 0 Å². The molecule has 0 spiro atoms. The zero-order valence-corrected chi connectivity index (χ0v) is 17.2. The van der Waals surface area contributed by atoms with Crippen molar-refractivity contribution in [1.82, 2.24) is 9.80 Å². The van der Waals surface area contributed by atoms with Crippen LogP contribution in [0.4, 0.5) is 5.69 Å². The lowest BCUT2D eigenvalue weighted by Gasteiger charge is -2.36.